The van der Waals surface area contributed by atoms with Crippen LogP contribution in [0.25, 0.3) is 6.08 Å². The normalized spacial score (nSPS) is 17.8. The second-order valence-corrected chi connectivity index (χ2v) is 14.1. The zero-order valence-electron chi connectivity index (χ0n) is 26.3. The van der Waals surface area contributed by atoms with E-state index in [4.69, 9.17) is 9.97 Å². The van der Waals surface area contributed by atoms with Crippen LogP contribution in [0.5, 0.6) is 0 Å². The van der Waals surface area contributed by atoms with Gasteiger partial charge < -0.3 is 20.4 Å². The number of benzene rings is 2. The van der Waals surface area contributed by atoms with Crippen molar-refractivity contribution in [2.75, 3.05) is 78.5 Å². The lowest BCUT2D eigenvalue weighted by Crippen LogP contribution is -2.53. The molecule has 3 aliphatic rings. The molecule has 1 aliphatic carbocycles. The maximum absolute atomic E-state index is 15.5. The molecule has 0 amide bonds. The Morgan fingerprint density at radius 3 is 2.44 bits per heavy atom. The average molecular weight is 635 g/mol. The smallest absolute Gasteiger partial charge is 0.234 e. The topological polar surface area (TPSA) is 96.9 Å². The molecule has 0 spiro atoms. The molecule has 45 heavy (non-hydrogen) atoms. The average Bonchev–Trinajstić information content (AvgIpc) is 3.54. The third kappa shape index (κ3) is 6.78. The van der Waals surface area contributed by atoms with E-state index >= 15 is 4.39 Å². The number of hydrogen-bond acceptors (Lipinski definition) is 9. The summed E-state index contributed by atoms with van der Waals surface area (Å²) in [7, 11) is -1.91. The summed E-state index contributed by atoms with van der Waals surface area (Å²) in [5.41, 5.74) is 3.98. The van der Waals surface area contributed by atoms with Gasteiger partial charge in [0.2, 0.25) is 16.0 Å². The van der Waals surface area contributed by atoms with Crippen LogP contribution in [0, 0.1) is 5.82 Å². The predicted octanol–water partition coefficient (Wildman–Crippen LogP) is 5.06. The lowest BCUT2D eigenvalue weighted by Gasteiger charge is -2.43. The number of anilines is 6. The Balaban J connectivity index is 1.15. The summed E-state index contributed by atoms with van der Waals surface area (Å²) in [6.45, 7) is 11.2. The molecule has 10 nitrogen and oxygen atoms in total. The lowest BCUT2D eigenvalue weighted by molar-refractivity contribution is 0.0878. The van der Waals surface area contributed by atoms with E-state index in [2.05, 4.69) is 32.3 Å². The maximum Gasteiger partial charge on any atom is 0.234 e. The molecule has 1 aromatic heterocycles. The van der Waals surface area contributed by atoms with Gasteiger partial charge in [-0.25, -0.2) is 17.8 Å². The number of aromatic nitrogens is 2. The van der Waals surface area contributed by atoms with Crippen molar-refractivity contribution in [1.29, 1.82) is 0 Å². The summed E-state index contributed by atoms with van der Waals surface area (Å²) in [6, 6.07) is 13.0. The number of nitrogens with zero attached hydrogens (tertiary/aromatic N) is 6. The molecule has 6 rings (SSSR count). The first-order valence-electron chi connectivity index (χ1n) is 15.9. The highest BCUT2D eigenvalue weighted by Crippen LogP contribution is 2.34. The minimum absolute atomic E-state index is 0.0120. The first-order valence-corrected chi connectivity index (χ1v) is 17.5. The van der Waals surface area contributed by atoms with E-state index in [-0.39, 0.29) is 11.6 Å². The molecule has 0 bridgehead atoms. The number of sulfonamides is 1. The molecule has 3 aromatic rings. The van der Waals surface area contributed by atoms with Crippen molar-refractivity contribution in [3.05, 3.63) is 65.6 Å². The van der Waals surface area contributed by atoms with Gasteiger partial charge in [-0.2, -0.15) is 4.98 Å². The summed E-state index contributed by atoms with van der Waals surface area (Å²) in [6.07, 6.45) is 6.70. The van der Waals surface area contributed by atoms with E-state index in [9.17, 15) is 8.42 Å². The Hall–Kier alpha value is -3.74. The van der Waals surface area contributed by atoms with Gasteiger partial charge in [0.1, 0.15) is 11.6 Å². The Morgan fingerprint density at radius 1 is 0.978 bits per heavy atom. The minimum Gasteiger partial charge on any atom is -0.369 e. The van der Waals surface area contributed by atoms with Crippen molar-refractivity contribution in [2.45, 2.75) is 39.2 Å². The maximum atomic E-state index is 15.5. The fraction of sp³-hybridized carbons (Fsp3) is 0.455. The molecule has 0 atom stereocenters. The number of piperidine rings is 1. The molecule has 0 radical (unpaired) electrons. The highest BCUT2D eigenvalue weighted by atomic mass is 32.2. The molecule has 2 saturated heterocycles. The Morgan fingerprint density at radius 2 is 1.73 bits per heavy atom. The molecule has 2 aromatic carbocycles. The van der Waals surface area contributed by atoms with Crippen molar-refractivity contribution in [3.8, 4) is 0 Å². The highest BCUT2D eigenvalue weighted by Gasteiger charge is 2.28. The molecule has 0 saturated carbocycles. The molecule has 240 valence electrons. The van der Waals surface area contributed by atoms with Crippen LogP contribution < -0.4 is 19.8 Å². The van der Waals surface area contributed by atoms with Gasteiger partial charge in [-0.1, -0.05) is 31.2 Å². The first kappa shape index (κ1) is 31.3. The first-order chi connectivity index (χ1) is 21.8. The lowest BCUT2D eigenvalue weighted by atomic mass is 10.0. The summed E-state index contributed by atoms with van der Waals surface area (Å²) in [5, 5.41) is 6.53. The standard InChI is InChI=1S/C33H43FN8O2S/c1-4-40-19-21-41(22-20-40)25-15-17-42(18-16-25)30-14-13-24(23-27(30)34)35-33-37-28-11-8-9-26(28)32(38-33)36-29-10-6-7-12-31(29)39(3)45(43,44)5-2/h6-10,12-14,23,25H,4-5,11,15-22H2,1-3H3,(H2,35,36,37,38). The van der Waals surface area contributed by atoms with Crippen LogP contribution in [0.15, 0.2) is 48.5 Å². The van der Waals surface area contributed by atoms with Gasteiger partial charge >= 0.3 is 0 Å². The number of nitrogens with one attached hydrogen (secondary N) is 2. The molecular weight excluding hydrogens is 591 g/mol. The van der Waals surface area contributed by atoms with Crippen LogP contribution in [0.3, 0.4) is 0 Å². The molecule has 2 N–H and O–H groups in total. The second-order valence-electron chi connectivity index (χ2n) is 11.9. The zero-order chi connectivity index (χ0) is 31.6. The van der Waals surface area contributed by atoms with Gasteiger partial charge in [-0.05, 0) is 56.6 Å². The SMILES string of the molecule is CCN1CCN(C2CCN(c3ccc(Nc4nc5c(c(Nc6ccccc6N(C)S(=O)(=O)CC)n4)C=CC5)cc3F)CC2)CC1. The van der Waals surface area contributed by atoms with E-state index in [0.29, 0.717) is 47.0 Å². The Kier molecular flexibility index (Phi) is 9.25. The van der Waals surface area contributed by atoms with Crippen LogP contribution >= 0.6 is 0 Å². The minimum atomic E-state index is -3.46. The van der Waals surface area contributed by atoms with Crippen LogP contribution in [-0.2, 0) is 16.4 Å². The van der Waals surface area contributed by atoms with Crippen molar-refractivity contribution >= 4 is 50.6 Å². The molecule has 2 aliphatic heterocycles. The second kappa shape index (κ2) is 13.3. The fourth-order valence-corrected chi connectivity index (χ4v) is 7.34. The van der Waals surface area contributed by atoms with Crippen LogP contribution in [0.4, 0.5) is 38.9 Å². The van der Waals surface area contributed by atoms with E-state index in [1.165, 1.54) is 10.4 Å². The molecular formula is C33H43FN8O2S. The van der Waals surface area contributed by atoms with E-state index in [1.54, 1.807) is 26.1 Å². The molecule has 12 heteroatoms. The fourth-order valence-electron chi connectivity index (χ4n) is 6.50. The number of piperazine rings is 1. The van der Waals surface area contributed by atoms with Gasteiger partial charge in [0.05, 0.1) is 28.5 Å². The number of para-hydroxylation sites is 2. The van der Waals surface area contributed by atoms with E-state index < -0.39 is 10.0 Å². The molecule has 2 fully saturated rings. The van der Waals surface area contributed by atoms with Crippen LogP contribution in [-0.4, -0.2) is 92.8 Å². The van der Waals surface area contributed by atoms with E-state index in [1.807, 2.05) is 36.4 Å². The third-order valence-corrected chi connectivity index (χ3v) is 11.0. The van der Waals surface area contributed by atoms with Gasteiger partial charge in [-0.3, -0.25) is 9.21 Å². The summed E-state index contributed by atoms with van der Waals surface area (Å²) < 4.78 is 42.0. The quantitative estimate of drug-likeness (QED) is 0.317. The number of likely N-dealkylation sites (N-methyl/N-ethyl adjacent to an activating group) is 1. The van der Waals surface area contributed by atoms with Gasteiger partial charge in [-0.15, -0.1) is 0 Å². The number of fused-ring (bicyclic) bond motifs is 1. The summed E-state index contributed by atoms with van der Waals surface area (Å²) in [4.78, 5) is 16.7. The Bertz CT molecular complexity index is 1650. The number of rotatable bonds is 10. The monoisotopic (exact) mass is 634 g/mol. The van der Waals surface area contributed by atoms with Crippen LogP contribution in [0.2, 0.25) is 0 Å². The Labute approximate surface area is 266 Å². The number of halogens is 1. The summed E-state index contributed by atoms with van der Waals surface area (Å²) >= 11 is 0. The van der Waals surface area contributed by atoms with Crippen LogP contribution in [0.1, 0.15) is 37.9 Å². The predicted molar refractivity (Wildman–Crippen MR) is 181 cm³/mol. The van der Waals surface area contributed by atoms with Gasteiger partial charge in [0.25, 0.3) is 0 Å². The van der Waals surface area contributed by atoms with Crippen molar-refractivity contribution in [1.82, 2.24) is 19.8 Å². The molecule has 3 heterocycles. The highest BCUT2D eigenvalue weighted by molar-refractivity contribution is 7.92. The number of hydrogen-bond donors (Lipinski definition) is 2. The van der Waals surface area contributed by atoms with Crippen molar-refractivity contribution in [3.63, 3.8) is 0 Å². The number of allylic oxidation sites excluding steroid dienone is 1. The van der Waals surface area contributed by atoms with Crippen molar-refractivity contribution in [2.24, 2.45) is 0 Å². The van der Waals surface area contributed by atoms with Gasteiger partial charge in [0, 0.05) is 70.0 Å². The van der Waals surface area contributed by atoms with Gasteiger partial charge in [0.15, 0.2) is 0 Å². The zero-order valence-corrected chi connectivity index (χ0v) is 27.2. The largest absolute Gasteiger partial charge is 0.369 e. The molecule has 0 unspecified atom stereocenters. The van der Waals surface area contributed by atoms with E-state index in [0.717, 1.165) is 69.9 Å². The van der Waals surface area contributed by atoms with Crippen molar-refractivity contribution < 1.29 is 12.8 Å². The third-order valence-electron chi connectivity index (χ3n) is 9.28. The summed E-state index contributed by atoms with van der Waals surface area (Å²) in [5.74, 6) is 0.595.